The van der Waals surface area contributed by atoms with Gasteiger partial charge >= 0.3 is 6.18 Å². The lowest BCUT2D eigenvalue weighted by Gasteiger charge is -2.11. The SMILES string of the molecule is C=CCNc1ccc(Br)c(C(F)(F)F)c1. The summed E-state index contributed by atoms with van der Waals surface area (Å²) in [6.45, 7) is 3.90. The minimum atomic E-state index is -4.34. The van der Waals surface area contributed by atoms with E-state index in [1.807, 2.05) is 0 Å². The summed E-state index contributed by atoms with van der Waals surface area (Å²) in [4.78, 5) is 0. The smallest absolute Gasteiger partial charge is 0.382 e. The van der Waals surface area contributed by atoms with Crippen LogP contribution in [0.15, 0.2) is 35.3 Å². The van der Waals surface area contributed by atoms with Crippen LogP contribution in [0.5, 0.6) is 0 Å². The molecule has 0 amide bonds. The van der Waals surface area contributed by atoms with Gasteiger partial charge in [-0.3, -0.25) is 0 Å². The largest absolute Gasteiger partial charge is 0.417 e. The molecule has 0 atom stereocenters. The lowest BCUT2D eigenvalue weighted by Crippen LogP contribution is -2.07. The third kappa shape index (κ3) is 3.27. The van der Waals surface area contributed by atoms with Gasteiger partial charge in [0.25, 0.3) is 0 Å². The van der Waals surface area contributed by atoms with Crippen molar-refractivity contribution >= 4 is 21.6 Å². The van der Waals surface area contributed by atoms with Crippen molar-refractivity contribution in [1.29, 1.82) is 0 Å². The molecule has 1 rings (SSSR count). The van der Waals surface area contributed by atoms with E-state index in [0.29, 0.717) is 12.2 Å². The highest BCUT2D eigenvalue weighted by atomic mass is 79.9. The van der Waals surface area contributed by atoms with Crippen molar-refractivity contribution in [3.05, 3.63) is 40.9 Å². The van der Waals surface area contributed by atoms with Crippen LogP contribution in [0.25, 0.3) is 0 Å². The first-order valence-corrected chi connectivity index (χ1v) is 4.96. The maximum atomic E-state index is 12.5. The summed E-state index contributed by atoms with van der Waals surface area (Å²) in [5.41, 5.74) is -0.262. The fourth-order valence-electron chi connectivity index (χ4n) is 1.04. The standard InChI is InChI=1S/C10H9BrF3N/c1-2-5-15-7-3-4-9(11)8(6-7)10(12,13)14/h2-4,6,15H,1,5H2. The Morgan fingerprint density at radius 1 is 1.40 bits per heavy atom. The number of hydrogen-bond acceptors (Lipinski definition) is 1. The van der Waals surface area contributed by atoms with Crippen LogP contribution in [-0.2, 0) is 6.18 Å². The van der Waals surface area contributed by atoms with Crippen LogP contribution in [0, 0.1) is 0 Å². The highest BCUT2D eigenvalue weighted by molar-refractivity contribution is 9.10. The molecule has 0 unspecified atom stereocenters. The molecule has 0 aromatic heterocycles. The fourth-order valence-corrected chi connectivity index (χ4v) is 1.51. The highest BCUT2D eigenvalue weighted by Crippen LogP contribution is 2.36. The minimum Gasteiger partial charge on any atom is -0.382 e. The average molecular weight is 280 g/mol. The quantitative estimate of drug-likeness (QED) is 0.823. The van der Waals surface area contributed by atoms with Gasteiger partial charge in [0.05, 0.1) is 5.56 Å². The van der Waals surface area contributed by atoms with Gasteiger partial charge in [0.2, 0.25) is 0 Å². The molecule has 0 fully saturated rings. The summed E-state index contributed by atoms with van der Waals surface area (Å²) in [5, 5.41) is 2.80. The number of anilines is 1. The van der Waals surface area contributed by atoms with Crippen LogP contribution in [0.4, 0.5) is 18.9 Å². The molecule has 0 saturated heterocycles. The Bertz CT molecular complexity index is 360. The molecular formula is C10H9BrF3N. The predicted molar refractivity (Wildman–Crippen MR) is 57.8 cm³/mol. The molecule has 82 valence electrons. The van der Waals surface area contributed by atoms with Gasteiger partial charge in [0.15, 0.2) is 0 Å². The summed E-state index contributed by atoms with van der Waals surface area (Å²) in [6, 6.07) is 4.00. The van der Waals surface area contributed by atoms with Gasteiger partial charge in [0.1, 0.15) is 0 Å². The highest BCUT2D eigenvalue weighted by Gasteiger charge is 2.33. The number of alkyl halides is 3. The van der Waals surface area contributed by atoms with Gasteiger partial charge < -0.3 is 5.32 Å². The summed E-state index contributed by atoms with van der Waals surface area (Å²) < 4.78 is 37.5. The number of benzene rings is 1. The zero-order valence-electron chi connectivity index (χ0n) is 7.74. The summed E-state index contributed by atoms with van der Waals surface area (Å²) in [5.74, 6) is 0. The fraction of sp³-hybridized carbons (Fsp3) is 0.200. The Kier molecular flexibility index (Phi) is 3.79. The first-order chi connectivity index (χ1) is 6.95. The first-order valence-electron chi connectivity index (χ1n) is 4.16. The van der Waals surface area contributed by atoms with Gasteiger partial charge in [-0.05, 0) is 18.2 Å². The van der Waals surface area contributed by atoms with Crippen molar-refractivity contribution in [2.24, 2.45) is 0 Å². The number of rotatable bonds is 3. The third-order valence-electron chi connectivity index (χ3n) is 1.72. The van der Waals surface area contributed by atoms with Gasteiger partial charge in [-0.2, -0.15) is 13.2 Å². The molecule has 0 aliphatic heterocycles. The van der Waals surface area contributed by atoms with Crippen LogP contribution in [-0.4, -0.2) is 6.54 Å². The molecule has 5 heteroatoms. The maximum Gasteiger partial charge on any atom is 0.417 e. The van der Waals surface area contributed by atoms with Crippen molar-refractivity contribution in [3.63, 3.8) is 0 Å². The summed E-state index contributed by atoms with van der Waals surface area (Å²) in [6.07, 6.45) is -2.76. The molecule has 1 aromatic rings. The molecule has 0 bridgehead atoms. The number of nitrogens with one attached hydrogen (secondary N) is 1. The van der Waals surface area contributed by atoms with Gasteiger partial charge in [0, 0.05) is 16.7 Å². The molecule has 1 N–H and O–H groups in total. The van der Waals surface area contributed by atoms with Gasteiger partial charge in [-0.15, -0.1) is 6.58 Å². The number of halogens is 4. The van der Waals surface area contributed by atoms with Gasteiger partial charge in [-0.1, -0.05) is 22.0 Å². The van der Waals surface area contributed by atoms with E-state index in [1.165, 1.54) is 6.07 Å². The van der Waals surface area contributed by atoms with Gasteiger partial charge in [-0.25, -0.2) is 0 Å². The molecule has 1 aromatic carbocycles. The third-order valence-corrected chi connectivity index (χ3v) is 2.41. The topological polar surface area (TPSA) is 12.0 Å². The van der Waals surface area contributed by atoms with E-state index in [9.17, 15) is 13.2 Å². The monoisotopic (exact) mass is 279 g/mol. The average Bonchev–Trinajstić information content (AvgIpc) is 2.15. The van der Waals surface area contributed by atoms with E-state index >= 15 is 0 Å². The Hall–Kier alpha value is -0.970. The first kappa shape index (κ1) is 12.1. The zero-order chi connectivity index (χ0) is 11.5. The van der Waals surface area contributed by atoms with Crippen LogP contribution < -0.4 is 5.32 Å². The van der Waals surface area contributed by atoms with Crippen LogP contribution in [0.1, 0.15) is 5.56 Å². The molecule has 0 aliphatic rings. The van der Waals surface area contributed by atoms with Crippen molar-refractivity contribution < 1.29 is 13.2 Å². The van der Waals surface area contributed by atoms with E-state index < -0.39 is 11.7 Å². The molecule has 1 nitrogen and oxygen atoms in total. The van der Waals surface area contributed by atoms with E-state index in [4.69, 9.17) is 0 Å². The van der Waals surface area contributed by atoms with E-state index in [2.05, 4.69) is 27.8 Å². The Labute approximate surface area is 94.1 Å². The molecule has 0 spiro atoms. The van der Waals surface area contributed by atoms with E-state index in [1.54, 1.807) is 12.1 Å². The molecule has 0 aliphatic carbocycles. The molecule has 0 heterocycles. The number of hydrogen-bond donors (Lipinski definition) is 1. The van der Waals surface area contributed by atoms with Crippen LogP contribution in [0.3, 0.4) is 0 Å². The van der Waals surface area contributed by atoms with Crippen LogP contribution >= 0.6 is 15.9 Å². The van der Waals surface area contributed by atoms with Crippen molar-refractivity contribution in [1.82, 2.24) is 0 Å². The van der Waals surface area contributed by atoms with Crippen molar-refractivity contribution in [2.45, 2.75) is 6.18 Å². The Morgan fingerprint density at radius 2 is 2.07 bits per heavy atom. The zero-order valence-corrected chi connectivity index (χ0v) is 9.32. The Balaban J connectivity index is 3.00. The second kappa shape index (κ2) is 4.70. The normalized spacial score (nSPS) is 11.2. The Morgan fingerprint density at radius 3 is 2.60 bits per heavy atom. The van der Waals surface area contributed by atoms with Crippen molar-refractivity contribution in [2.75, 3.05) is 11.9 Å². The second-order valence-corrected chi connectivity index (χ2v) is 3.72. The lowest BCUT2D eigenvalue weighted by molar-refractivity contribution is -0.138. The molecule has 0 radical (unpaired) electrons. The van der Waals surface area contributed by atoms with Crippen molar-refractivity contribution in [3.8, 4) is 0 Å². The predicted octanol–water partition coefficient (Wildman–Crippen LogP) is 4.07. The minimum absolute atomic E-state index is 0.0409. The maximum absolute atomic E-state index is 12.5. The van der Waals surface area contributed by atoms with E-state index in [0.717, 1.165) is 6.07 Å². The summed E-state index contributed by atoms with van der Waals surface area (Å²) >= 11 is 2.87. The van der Waals surface area contributed by atoms with E-state index in [-0.39, 0.29) is 4.47 Å². The summed E-state index contributed by atoms with van der Waals surface area (Å²) in [7, 11) is 0. The molecule has 15 heavy (non-hydrogen) atoms. The molecular weight excluding hydrogens is 271 g/mol. The lowest BCUT2D eigenvalue weighted by atomic mass is 10.2. The molecule has 0 saturated carbocycles. The second-order valence-electron chi connectivity index (χ2n) is 2.86. The van der Waals surface area contributed by atoms with Crippen LogP contribution in [0.2, 0.25) is 0 Å².